The van der Waals surface area contributed by atoms with Crippen LogP contribution in [0.1, 0.15) is 34.7 Å². The quantitative estimate of drug-likeness (QED) is 0.430. The normalized spacial score (nSPS) is 10.7. The smallest absolute Gasteiger partial charge is 0.340 e. The molecule has 2 aromatic heterocycles. The Hall–Kier alpha value is -2.60. The number of aromatic nitrogens is 1. The minimum atomic E-state index is -0.458. The zero-order valence-electron chi connectivity index (χ0n) is 14.5. The predicted molar refractivity (Wildman–Crippen MR) is 103 cm³/mol. The van der Waals surface area contributed by atoms with Crippen LogP contribution in [0.2, 0.25) is 0 Å². The molecule has 134 valence electrons. The lowest BCUT2D eigenvalue weighted by Crippen LogP contribution is -2.06. The number of carbonyl (C=O) groups is 2. The molecule has 0 spiro atoms. The number of ether oxygens (including phenoxy) is 2. The predicted octanol–water partition coefficient (Wildman–Crippen LogP) is 4.76. The second-order valence-electron chi connectivity index (χ2n) is 5.50. The molecule has 0 atom stereocenters. The lowest BCUT2D eigenvalue weighted by molar-refractivity contribution is 0.0529. The highest BCUT2D eigenvalue weighted by molar-refractivity contribution is 9.10. The fourth-order valence-electron chi connectivity index (χ4n) is 2.99. The maximum absolute atomic E-state index is 12.7. The fraction of sp³-hybridized carbons (Fsp3) is 0.200. The summed E-state index contributed by atoms with van der Waals surface area (Å²) in [6.45, 7) is 4.47. The number of esters is 1. The molecule has 0 N–H and O–H groups in total. The summed E-state index contributed by atoms with van der Waals surface area (Å²) in [4.78, 5) is 24.5. The summed E-state index contributed by atoms with van der Waals surface area (Å²) in [6.07, 6.45) is 2.52. The monoisotopic (exact) mass is 415 g/mol. The van der Waals surface area contributed by atoms with Crippen LogP contribution in [0, 0.1) is 0 Å². The molecule has 3 aromatic rings. The fourth-order valence-corrected chi connectivity index (χ4v) is 3.54. The molecule has 2 heterocycles. The number of hydrogen-bond donors (Lipinski definition) is 0. The van der Waals surface area contributed by atoms with Crippen molar-refractivity contribution in [3.63, 3.8) is 0 Å². The third kappa shape index (κ3) is 3.12. The number of hydrogen-bond acceptors (Lipinski definition) is 4. The van der Waals surface area contributed by atoms with Crippen molar-refractivity contribution in [3.8, 4) is 16.9 Å². The Morgan fingerprint density at radius 2 is 2.00 bits per heavy atom. The minimum absolute atomic E-state index is 0.253. The van der Waals surface area contributed by atoms with Crippen molar-refractivity contribution in [2.75, 3.05) is 13.2 Å². The molecule has 0 aliphatic carbocycles. The van der Waals surface area contributed by atoms with E-state index >= 15 is 0 Å². The van der Waals surface area contributed by atoms with Gasteiger partial charge in [0.1, 0.15) is 5.75 Å². The van der Waals surface area contributed by atoms with Gasteiger partial charge in [-0.3, -0.25) is 4.79 Å². The SMILES string of the molecule is CCOC(=O)c1c(-c2ccc(OCC)cc2Br)c(C=O)n2ccccc12. The summed E-state index contributed by atoms with van der Waals surface area (Å²) in [5.74, 6) is 0.248. The molecular weight excluding hydrogens is 398 g/mol. The minimum Gasteiger partial charge on any atom is -0.494 e. The van der Waals surface area contributed by atoms with Crippen LogP contribution in [0.3, 0.4) is 0 Å². The lowest BCUT2D eigenvalue weighted by Gasteiger charge is -2.10. The standard InChI is InChI=1S/C20H18BrNO4/c1-3-25-13-8-9-14(15(21)11-13)18-17(12-23)22-10-6-5-7-16(22)19(18)20(24)26-4-2/h5-12H,3-4H2,1-2H3. The number of pyridine rings is 1. The van der Waals surface area contributed by atoms with E-state index in [1.54, 1.807) is 23.6 Å². The van der Waals surface area contributed by atoms with Crippen molar-refractivity contribution >= 4 is 33.7 Å². The molecule has 0 saturated heterocycles. The van der Waals surface area contributed by atoms with Crippen LogP contribution in [0.4, 0.5) is 0 Å². The van der Waals surface area contributed by atoms with Gasteiger partial charge in [0.05, 0.1) is 30.0 Å². The maximum Gasteiger partial charge on any atom is 0.340 e. The molecule has 0 aliphatic heterocycles. The lowest BCUT2D eigenvalue weighted by atomic mass is 10.0. The second-order valence-corrected chi connectivity index (χ2v) is 6.36. The number of aldehydes is 1. The van der Waals surface area contributed by atoms with Crippen LogP contribution in [-0.4, -0.2) is 29.9 Å². The van der Waals surface area contributed by atoms with Crippen molar-refractivity contribution in [1.82, 2.24) is 4.40 Å². The Morgan fingerprint density at radius 3 is 2.65 bits per heavy atom. The van der Waals surface area contributed by atoms with E-state index in [4.69, 9.17) is 9.47 Å². The average Bonchev–Trinajstić information content (AvgIpc) is 2.96. The number of nitrogens with zero attached hydrogens (tertiary/aromatic N) is 1. The van der Waals surface area contributed by atoms with E-state index in [1.165, 1.54) is 0 Å². The third-order valence-corrected chi connectivity index (χ3v) is 4.65. The van der Waals surface area contributed by atoms with Crippen LogP contribution >= 0.6 is 15.9 Å². The highest BCUT2D eigenvalue weighted by atomic mass is 79.9. The van der Waals surface area contributed by atoms with E-state index in [0.29, 0.717) is 34.7 Å². The largest absolute Gasteiger partial charge is 0.494 e. The van der Waals surface area contributed by atoms with Gasteiger partial charge < -0.3 is 13.9 Å². The second kappa shape index (κ2) is 7.74. The van der Waals surface area contributed by atoms with E-state index in [2.05, 4.69) is 15.9 Å². The van der Waals surface area contributed by atoms with Crippen molar-refractivity contribution in [2.24, 2.45) is 0 Å². The molecule has 0 radical (unpaired) electrons. The summed E-state index contributed by atoms with van der Waals surface area (Å²) >= 11 is 3.54. The molecule has 5 nitrogen and oxygen atoms in total. The summed E-state index contributed by atoms with van der Waals surface area (Å²) in [6, 6.07) is 10.9. The topological polar surface area (TPSA) is 57.0 Å². The molecule has 0 aliphatic rings. The van der Waals surface area contributed by atoms with Crippen molar-refractivity contribution in [3.05, 3.63) is 58.3 Å². The third-order valence-electron chi connectivity index (χ3n) is 3.99. The van der Waals surface area contributed by atoms with Gasteiger partial charge in [0, 0.05) is 16.2 Å². The molecule has 0 bridgehead atoms. The number of halogens is 1. The molecule has 1 aromatic carbocycles. The average molecular weight is 416 g/mol. The van der Waals surface area contributed by atoms with E-state index < -0.39 is 5.97 Å². The van der Waals surface area contributed by atoms with Crippen molar-refractivity contribution < 1.29 is 19.1 Å². The van der Waals surface area contributed by atoms with Crippen LogP contribution in [0.15, 0.2) is 47.1 Å². The van der Waals surface area contributed by atoms with Gasteiger partial charge in [-0.05, 0) is 49.7 Å². The number of benzene rings is 1. The van der Waals surface area contributed by atoms with Crippen LogP contribution < -0.4 is 4.74 Å². The molecule has 0 fully saturated rings. The molecule has 26 heavy (non-hydrogen) atoms. The Bertz CT molecular complexity index is 977. The van der Waals surface area contributed by atoms with Gasteiger partial charge in [-0.2, -0.15) is 0 Å². The molecule has 0 amide bonds. The van der Waals surface area contributed by atoms with E-state index in [0.717, 1.165) is 16.3 Å². The van der Waals surface area contributed by atoms with Gasteiger partial charge in [-0.25, -0.2) is 4.79 Å². The van der Waals surface area contributed by atoms with Gasteiger partial charge in [-0.1, -0.05) is 22.0 Å². The summed E-state index contributed by atoms with van der Waals surface area (Å²) in [5, 5.41) is 0. The molecule has 0 unspecified atom stereocenters. The first-order chi connectivity index (χ1) is 12.6. The Balaban J connectivity index is 2.32. The van der Waals surface area contributed by atoms with Crippen LogP contribution in [0.5, 0.6) is 5.75 Å². The van der Waals surface area contributed by atoms with Crippen molar-refractivity contribution in [1.29, 1.82) is 0 Å². The molecule has 3 rings (SSSR count). The first-order valence-electron chi connectivity index (χ1n) is 8.30. The Kier molecular flexibility index (Phi) is 5.42. The highest BCUT2D eigenvalue weighted by Crippen LogP contribution is 2.38. The number of fused-ring (bicyclic) bond motifs is 1. The van der Waals surface area contributed by atoms with Gasteiger partial charge in [0.25, 0.3) is 0 Å². The zero-order valence-corrected chi connectivity index (χ0v) is 16.1. The van der Waals surface area contributed by atoms with Gasteiger partial charge in [0.15, 0.2) is 6.29 Å². The van der Waals surface area contributed by atoms with Gasteiger partial charge >= 0.3 is 5.97 Å². The number of carbonyl (C=O) groups excluding carboxylic acids is 2. The van der Waals surface area contributed by atoms with Gasteiger partial charge in [0.2, 0.25) is 0 Å². The summed E-state index contributed by atoms with van der Waals surface area (Å²) < 4.78 is 13.2. The summed E-state index contributed by atoms with van der Waals surface area (Å²) in [7, 11) is 0. The van der Waals surface area contributed by atoms with E-state index in [9.17, 15) is 9.59 Å². The zero-order chi connectivity index (χ0) is 18.7. The Morgan fingerprint density at radius 1 is 1.19 bits per heavy atom. The van der Waals surface area contributed by atoms with Crippen LogP contribution in [-0.2, 0) is 4.74 Å². The summed E-state index contributed by atoms with van der Waals surface area (Å²) in [5.41, 5.74) is 2.67. The van der Waals surface area contributed by atoms with E-state index in [-0.39, 0.29) is 6.61 Å². The van der Waals surface area contributed by atoms with Crippen molar-refractivity contribution in [2.45, 2.75) is 13.8 Å². The van der Waals surface area contributed by atoms with Gasteiger partial charge in [-0.15, -0.1) is 0 Å². The number of rotatable bonds is 6. The maximum atomic E-state index is 12.7. The molecule has 6 heteroatoms. The van der Waals surface area contributed by atoms with Crippen LogP contribution in [0.25, 0.3) is 16.6 Å². The first-order valence-corrected chi connectivity index (χ1v) is 9.09. The molecule has 0 saturated carbocycles. The Labute approximate surface area is 159 Å². The molecular formula is C20H18BrNO4. The first kappa shape index (κ1) is 18.2. The highest BCUT2D eigenvalue weighted by Gasteiger charge is 2.26. The van der Waals surface area contributed by atoms with E-state index in [1.807, 2.05) is 37.3 Å².